The normalized spacial score (nSPS) is 16.8. The molecular weight excluding hydrogens is 312 g/mol. The van der Waals surface area contributed by atoms with Crippen molar-refractivity contribution in [2.24, 2.45) is 0 Å². The summed E-state index contributed by atoms with van der Waals surface area (Å²) in [5.41, 5.74) is 2.72. The fourth-order valence-electron chi connectivity index (χ4n) is 3.69. The van der Waals surface area contributed by atoms with Crippen molar-refractivity contribution in [3.8, 4) is 0 Å². The van der Waals surface area contributed by atoms with E-state index in [1.807, 2.05) is 42.2 Å². The van der Waals surface area contributed by atoms with E-state index in [1.165, 1.54) is 12.8 Å². The van der Waals surface area contributed by atoms with E-state index in [-0.39, 0.29) is 11.9 Å². The summed E-state index contributed by atoms with van der Waals surface area (Å²) in [6.07, 6.45) is 4.70. The van der Waals surface area contributed by atoms with E-state index in [0.717, 1.165) is 53.6 Å². The van der Waals surface area contributed by atoms with Crippen LogP contribution in [0.25, 0.3) is 21.9 Å². The quantitative estimate of drug-likeness (QED) is 0.748. The lowest BCUT2D eigenvalue weighted by Crippen LogP contribution is -2.41. The standard InChI is InChI=1S/C21H24N2O2/c1-15(21(24)23-12-6-2-3-7-13-23)22-16-10-11-20-18(14-16)17-8-4-5-9-19(17)25-20/h4-5,8-11,14-15,22H,2-3,6-7,12-13H2,1H3/t15-/m1/s1. The maximum absolute atomic E-state index is 12.7. The van der Waals surface area contributed by atoms with Crippen molar-refractivity contribution in [3.63, 3.8) is 0 Å². The Labute approximate surface area is 147 Å². The molecular formula is C21H24N2O2. The van der Waals surface area contributed by atoms with Gasteiger partial charge in [-0.1, -0.05) is 31.0 Å². The van der Waals surface area contributed by atoms with Gasteiger partial charge in [0.25, 0.3) is 0 Å². The van der Waals surface area contributed by atoms with Crippen molar-refractivity contribution in [2.75, 3.05) is 18.4 Å². The van der Waals surface area contributed by atoms with Crippen LogP contribution in [0.3, 0.4) is 0 Å². The van der Waals surface area contributed by atoms with Crippen molar-refractivity contribution in [3.05, 3.63) is 42.5 Å². The number of likely N-dealkylation sites (tertiary alicyclic amines) is 1. The summed E-state index contributed by atoms with van der Waals surface area (Å²) in [6, 6.07) is 13.8. The van der Waals surface area contributed by atoms with Gasteiger partial charge in [-0.2, -0.15) is 0 Å². The molecule has 3 aromatic rings. The van der Waals surface area contributed by atoms with Crippen LogP contribution in [0.2, 0.25) is 0 Å². The number of carbonyl (C=O) groups is 1. The van der Waals surface area contributed by atoms with Crippen molar-refractivity contribution in [1.82, 2.24) is 4.90 Å². The zero-order valence-electron chi connectivity index (χ0n) is 14.6. The van der Waals surface area contributed by atoms with E-state index in [4.69, 9.17) is 4.42 Å². The summed E-state index contributed by atoms with van der Waals surface area (Å²) in [5, 5.41) is 5.56. The summed E-state index contributed by atoms with van der Waals surface area (Å²) >= 11 is 0. The predicted molar refractivity (Wildman–Crippen MR) is 102 cm³/mol. The van der Waals surface area contributed by atoms with Crippen molar-refractivity contribution in [1.29, 1.82) is 0 Å². The third-order valence-corrected chi connectivity index (χ3v) is 5.05. The molecule has 4 heteroatoms. The van der Waals surface area contributed by atoms with Gasteiger partial charge in [-0.3, -0.25) is 4.79 Å². The first-order chi connectivity index (χ1) is 12.2. The van der Waals surface area contributed by atoms with E-state index in [0.29, 0.717) is 0 Å². The highest BCUT2D eigenvalue weighted by molar-refractivity contribution is 6.06. The number of anilines is 1. The second kappa shape index (κ2) is 6.79. The number of hydrogen-bond donors (Lipinski definition) is 1. The molecule has 1 aliphatic heterocycles. The number of para-hydroxylation sites is 1. The first-order valence-electron chi connectivity index (χ1n) is 9.19. The van der Waals surface area contributed by atoms with Gasteiger partial charge in [0.05, 0.1) is 0 Å². The molecule has 4 nitrogen and oxygen atoms in total. The molecule has 1 aromatic heterocycles. The number of rotatable bonds is 3. The van der Waals surface area contributed by atoms with Gasteiger partial charge in [0.1, 0.15) is 17.2 Å². The van der Waals surface area contributed by atoms with E-state index in [1.54, 1.807) is 0 Å². The third-order valence-electron chi connectivity index (χ3n) is 5.05. The number of fused-ring (bicyclic) bond motifs is 3. The number of benzene rings is 2. The minimum absolute atomic E-state index is 0.194. The van der Waals surface area contributed by atoms with E-state index >= 15 is 0 Å². The lowest BCUT2D eigenvalue weighted by Gasteiger charge is -2.25. The molecule has 0 aliphatic carbocycles. The number of furan rings is 1. The molecule has 4 rings (SSSR count). The Morgan fingerprint density at radius 2 is 1.72 bits per heavy atom. The monoisotopic (exact) mass is 336 g/mol. The first kappa shape index (κ1) is 16.0. The average molecular weight is 336 g/mol. The smallest absolute Gasteiger partial charge is 0.244 e. The predicted octanol–water partition coefficient (Wildman–Crippen LogP) is 4.79. The van der Waals surface area contributed by atoms with Crippen LogP contribution in [0.1, 0.15) is 32.6 Å². The van der Waals surface area contributed by atoms with Gasteiger partial charge in [-0.15, -0.1) is 0 Å². The van der Waals surface area contributed by atoms with Crippen LogP contribution in [0.5, 0.6) is 0 Å². The molecule has 0 spiro atoms. The van der Waals surface area contributed by atoms with Gasteiger partial charge < -0.3 is 14.6 Å². The molecule has 0 bridgehead atoms. The van der Waals surface area contributed by atoms with Crippen LogP contribution < -0.4 is 5.32 Å². The fourth-order valence-corrected chi connectivity index (χ4v) is 3.69. The van der Waals surface area contributed by atoms with Crippen LogP contribution in [0.4, 0.5) is 5.69 Å². The van der Waals surface area contributed by atoms with Crippen LogP contribution >= 0.6 is 0 Å². The number of nitrogens with one attached hydrogen (secondary N) is 1. The van der Waals surface area contributed by atoms with E-state index in [9.17, 15) is 4.79 Å². The molecule has 0 saturated carbocycles. The molecule has 25 heavy (non-hydrogen) atoms. The van der Waals surface area contributed by atoms with Crippen molar-refractivity contribution >= 4 is 33.5 Å². The van der Waals surface area contributed by atoms with Crippen LogP contribution in [-0.2, 0) is 4.79 Å². The van der Waals surface area contributed by atoms with Gasteiger partial charge in [0.15, 0.2) is 0 Å². The molecule has 1 amide bonds. The van der Waals surface area contributed by atoms with Gasteiger partial charge in [0.2, 0.25) is 5.91 Å². The van der Waals surface area contributed by atoms with E-state index in [2.05, 4.69) is 17.4 Å². The highest BCUT2D eigenvalue weighted by atomic mass is 16.3. The summed E-state index contributed by atoms with van der Waals surface area (Å²) in [4.78, 5) is 14.7. The lowest BCUT2D eigenvalue weighted by atomic mass is 10.1. The Kier molecular flexibility index (Phi) is 4.35. The molecule has 1 N–H and O–H groups in total. The molecule has 2 heterocycles. The number of nitrogens with zero attached hydrogens (tertiary/aromatic N) is 1. The third kappa shape index (κ3) is 3.21. The van der Waals surface area contributed by atoms with Crippen molar-refractivity contribution in [2.45, 2.75) is 38.6 Å². The molecule has 1 aliphatic rings. The Balaban J connectivity index is 1.55. The molecule has 0 radical (unpaired) electrons. The van der Waals surface area contributed by atoms with Crippen LogP contribution in [0.15, 0.2) is 46.9 Å². The molecule has 130 valence electrons. The highest BCUT2D eigenvalue weighted by Gasteiger charge is 2.21. The second-order valence-electron chi connectivity index (χ2n) is 6.91. The molecule has 1 saturated heterocycles. The maximum atomic E-state index is 12.7. The molecule has 0 unspecified atom stereocenters. The van der Waals surface area contributed by atoms with Crippen LogP contribution in [0, 0.1) is 0 Å². The maximum Gasteiger partial charge on any atom is 0.244 e. The van der Waals surface area contributed by atoms with Gasteiger partial charge in [-0.05, 0) is 44.0 Å². The Morgan fingerprint density at radius 3 is 2.52 bits per heavy atom. The zero-order valence-corrected chi connectivity index (χ0v) is 14.6. The highest BCUT2D eigenvalue weighted by Crippen LogP contribution is 2.30. The number of amides is 1. The fraction of sp³-hybridized carbons (Fsp3) is 0.381. The summed E-state index contributed by atoms with van der Waals surface area (Å²) in [7, 11) is 0. The SMILES string of the molecule is C[C@@H](Nc1ccc2oc3ccccc3c2c1)C(=O)N1CCCCCC1. The second-order valence-corrected chi connectivity index (χ2v) is 6.91. The Morgan fingerprint density at radius 1 is 1.00 bits per heavy atom. The lowest BCUT2D eigenvalue weighted by molar-refractivity contribution is -0.131. The minimum atomic E-state index is -0.228. The van der Waals surface area contributed by atoms with Gasteiger partial charge in [0, 0.05) is 29.5 Å². The summed E-state index contributed by atoms with van der Waals surface area (Å²) < 4.78 is 5.87. The van der Waals surface area contributed by atoms with Crippen molar-refractivity contribution < 1.29 is 9.21 Å². The van der Waals surface area contributed by atoms with E-state index < -0.39 is 0 Å². The number of hydrogen-bond acceptors (Lipinski definition) is 3. The Bertz CT molecular complexity index is 891. The summed E-state index contributed by atoms with van der Waals surface area (Å²) in [5.74, 6) is 0.194. The van der Waals surface area contributed by atoms with Gasteiger partial charge >= 0.3 is 0 Å². The Hall–Kier alpha value is -2.49. The average Bonchev–Trinajstić information content (AvgIpc) is 2.80. The molecule has 2 aromatic carbocycles. The zero-order chi connectivity index (χ0) is 17.2. The van der Waals surface area contributed by atoms with Crippen LogP contribution in [-0.4, -0.2) is 29.9 Å². The first-order valence-corrected chi connectivity index (χ1v) is 9.19. The largest absolute Gasteiger partial charge is 0.456 e. The molecule has 1 atom stereocenters. The molecule has 1 fully saturated rings. The summed E-state index contributed by atoms with van der Waals surface area (Å²) in [6.45, 7) is 3.72. The topological polar surface area (TPSA) is 45.5 Å². The number of carbonyl (C=O) groups excluding carboxylic acids is 1. The van der Waals surface area contributed by atoms with Gasteiger partial charge in [-0.25, -0.2) is 0 Å². The minimum Gasteiger partial charge on any atom is -0.456 e.